The van der Waals surface area contributed by atoms with Crippen molar-refractivity contribution in [3.05, 3.63) is 29.3 Å². The van der Waals surface area contributed by atoms with Gasteiger partial charge in [0, 0.05) is 32.4 Å². The molecule has 20 heavy (non-hydrogen) atoms. The molecule has 114 valence electrons. The molecule has 6 heteroatoms. The van der Waals surface area contributed by atoms with Crippen molar-refractivity contribution in [2.24, 2.45) is 0 Å². The monoisotopic (exact) mass is 290 g/mol. The summed E-state index contributed by atoms with van der Waals surface area (Å²) in [5.74, 6) is 0. The molecule has 1 rings (SSSR count). The zero-order chi connectivity index (χ0) is 15.2. The van der Waals surface area contributed by atoms with Crippen molar-refractivity contribution >= 4 is 5.69 Å². The molecule has 0 amide bonds. The summed E-state index contributed by atoms with van der Waals surface area (Å²) in [7, 11) is 3.20. The number of halogens is 3. The minimum Gasteiger partial charge on any atom is -0.383 e. The number of nitrogens with one attached hydrogen (secondary N) is 1. The van der Waals surface area contributed by atoms with Crippen molar-refractivity contribution in [1.29, 1.82) is 0 Å². The van der Waals surface area contributed by atoms with E-state index in [-0.39, 0.29) is 12.1 Å². The topological polar surface area (TPSA) is 24.5 Å². The van der Waals surface area contributed by atoms with E-state index in [0.29, 0.717) is 25.4 Å². The van der Waals surface area contributed by atoms with Crippen molar-refractivity contribution in [3.63, 3.8) is 0 Å². The fourth-order valence-electron chi connectivity index (χ4n) is 2.04. The Morgan fingerprint density at radius 2 is 2.00 bits per heavy atom. The van der Waals surface area contributed by atoms with Gasteiger partial charge in [0.25, 0.3) is 0 Å². The fourth-order valence-corrected chi connectivity index (χ4v) is 2.04. The Bertz CT molecular complexity index is 421. The van der Waals surface area contributed by atoms with Gasteiger partial charge in [-0.1, -0.05) is 6.07 Å². The molecule has 3 nitrogen and oxygen atoms in total. The van der Waals surface area contributed by atoms with Gasteiger partial charge in [-0.15, -0.1) is 0 Å². The van der Waals surface area contributed by atoms with Gasteiger partial charge in [-0.25, -0.2) is 0 Å². The van der Waals surface area contributed by atoms with Crippen LogP contribution in [0.2, 0.25) is 0 Å². The maximum absolute atomic E-state index is 13.1. The van der Waals surface area contributed by atoms with Crippen LogP contribution in [0.5, 0.6) is 0 Å². The van der Waals surface area contributed by atoms with Crippen molar-refractivity contribution in [2.75, 3.05) is 38.8 Å². The molecule has 0 unspecified atom stereocenters. The van der Waals surface area contributed by atoms with Crippen LogP contribution in [-0.2, 0) is 17.5 Å². The van der Waals surface area contributed by atoms with Gasteiger partial charge in [-0.2, -0.15) is 13.2 Å². The van der Waals surface area contributed by atoms with E-state index in [0.717, 1.165) is 0 Å². The minimum atomic E-state index is -4.34. The second kappa shape index (κ2) is 7.50. The molecule has 0 aliphatic heterocycles. The Hall–Kier alpha value is -1.27. The van der Waals surface area contributed by atoms with Crippen LogP contribution < -0.4 is 10.2 Å². The van der Waals surface area contributed by atoms with Crippen LogP contribution in [0.15, 0.2) is 18.2 Å². The number of anilines is 1. The summed E-state index contributed by atoms with van der Waals surface area (Å²) in [5.41, 5.74) is 0.239. The van der Waals surface area contributed by atoms with Crippen LogP contribution in [0.4, 0.5) is 18.9 Å². The third kappa shape index (κ3) is 4.38. The van der Waals surface area contributed by atoms with Gasteiger partial charge in [-0.3, -0.25) is 0 Å². The summed E-state index contributed by atoms with van der Waals surface area (Å²) >= 11 is 0. The van der Waals surface area contributed by atoms with Gasteiger partial charge >= 0.3 is 6.18 Å². The van der Waals surface area contributed by atoms with Crippen LogP contribution in [-0.4, -0.2) is 33.9 Å². The summed E-state index contributed by atoms with van der Waals surface area (Å²) in [6.07, 6.45) is -4.34. The SMILES string of the molecule is CCN(CCOC)c1ccc(CNC)c(C(F)(F)F)c1. The van der Waals surface area contributed by atoms with E-state index < -0.39 is 11.7 Å². The van der Waals surface area contributed by atoms with Gasteiger partial charge in [0.15, 0.2) is 0 Å². The Kier molecular flexibility index (Phi) is 6.29. The summed E-state index contributed by atoms with van der Waals surface area (Å²) in [6, 6.07) is 4.47. The standard InChI is InChI=1S/C14H21F3N2O/c1-4-19(7-8-20-3)12-6-5-11(10-18-2)13(9-12)14(15,16)17/h5-6,9,18H,4,7-8,10H2,1-3H3. The zero-order valence-corrected chi connectivity index (χ0v) is 12.0. The number of methoxy groups -OCH3 is 1. The van der Waals surface area contributed by atoms with Crippen LogP contribution in [0.3, 0.4) is 0 Å². The molecular weight excluding hydrogens is 269 g/mol. The van der Waals surface area contributed by atoms with E-state index in [9.17, 15) is 13.2 Å². The summed E-state index contributed by atoms with van der Waals surface area (Å²) < 4.78 is 44.3. The lowest BCUT2D eigenvalue weighted by molar-refractivity contribution is -0.138. The Labute approximate surface area is 117 Å². The number of ether oxygens (including phenoxy) is 1. The van der Waals surface area contributed by atoms with E-state index in [1.165, 1.54) is 12.1 Å². The first-order chi connectivity index (χ1) is 9.43. The molecule has 0 spiro atoms. The Morgan fingerprint density at radius 1 is 1.30 bits per heavy atom. The van der Waals surface area contributed by atoms with Crippen LogP contribution >= 0.6 is 0 Å². The average Bonchev–Trinajstić information content (AvgIpc) is 2.40. The predicted molar refractivity (Wildman–Crippen MR) is 74.0 cm³/mol. The number of rotatable bonds is 7. The molecule has 1 aromatic rings. The van der Waals surface area contributed by atoms with Crippen LogP contribution in [0, 0.1) is 0 Å². The third-order valence-electron chi connectivity index (χ3n) is 3.08. The molecule has 0 saturated heterocycles. The van der Waals surface area contributed by atoms with Crippen molar-refractivity contribution in [2.45, 2.75) is 19.6 Å². The molecule has 0 aromatic heterocycles. The molecule has 0 fully saturated rings. The number of hydrogen-bond donors (Lipinski definition) is 1. The predicted octanol–water partition coefficient (Wildman–Crippen LogP) is 2.90. The van der Waals surface area contributed by atoms with Crippen molar-refractivity contribution < 1.29 is 17.9 Å². The molecule has 0 bridgehead atoms. The van der Waals surface area contributed by atoms with Gasteiger partial charge in [0.05, 0.1) is 12.2 Å². The highest BCUT2D eigenvalue weighted by Gasteiger charge is 2.33. The number of hydrogen-bond acceptors (Lipinski definition) is 3. The Morgan fingerprint density at radius 3 is 2.50 bits per heavy atom. The smallest absolute Gasteiger partial charge is 0.383 e. The quantitative estimate of drug-likeness (QED) is 0.835. The normalized spacial score (nSPS) is 11.7. The summed E-state index contributed by atoms with van der Waals surface area (Å²) in [6.45, 7) is 3.78. The molecule has 0 atom stereocenters. The molecule has 1 aromatic carbocycles. The average molecular weight is 290 g/mol. The third-order valence-corrected chi connectivity index (χ3v) is 3.08. The lowest BCUT2D eigenvalue weighted by Crippen LogP contribution is -2.27. The number of likely N-dealkylation sites (N-methyl/N-ethyl adjacent to an activating group) is 1. The van der Waals surface area contributed by atoms with E-state index in [4.69, 9.17) is 4.74 Å². The highest BCUT2D eigenvalue weighted by Crippen LogP contribution is 2.34. The summed E-state index contributed by atoms with van der Waals surface area (Å²) in [5, 5.41) is 2.76. The largest absolute Gasteiger partial charge is 0.416 e. The second-order valence-electron chi connectivity index (χ2n) is 4.44. The number of nitrogens with zero attached hydrogens (tertiary/aromatic N) is 1. The second-order valence-corrected chi connectivity index (χ2v) is 4.44. The maximum Gasteiger partial charge on any atom is 0.416 e. The van der Waals surface area contributed by atoms with Gasteiger partial charge in [0.1, 0.15) is 0 Å². The first-order valence-electron chi connectivity index (χ1n) is 6.52. The van der Waals surface area contributed by atoms with Crippen molar-refractivity contribution in [3.8, 4) is 0 Å². The van der Waals surface area contributed by atoms with E-state index in [2.05, 4.69) is 5.32 Å². The Balaban J connectivity index is 3.10. The minimum absolute atomic E-state index is 0.194. The van der Waals surface area contributed by atoms with Crippen molar-refractivity contribution in [1.82, 2.24) is 5.32 Å². The lowest BCUT2D eigenvalue weighted by Gasteiger charge is -2.24. The van der Waals surface area contributed by atoms with Crippen LogP contribution in [0.25, 0.3) is 0 Å². The molecule has 1 N–H and O–H groups in total. The summed E-state index contributed by atoms with van der Waals surface area (Å²) in [4.78, 5) is 1.86. The molecule has 0 radical (unpaired) electrons. The number of alkyl halides is 3. The van der Waals surface area contributed by atoms with Gasteiger partial charge in [-0.05, 0) is 31.7 Å². The number of benzene rings is 1. The maximum atomic E-state index is 13.1. The first-order valence-corrected chi connectivity index (χ1v) is 6.52. The van der Waals surface area contributed by atoms with E-state index >= 15 is 0 Å². The molecule has 0 saturated carbocycles. The lowest BCUT2D eigenvalue weighted by atomic mass is 10.1. The highest BCUT2D eigenvalue weighted by atomic mass is 19.4. The molecular formula is C14H21F3N2O. The van der Waals surface area contributed by atoms with Gasteiger partial charge < -0.3 is 15.0 Å². The molecule has 0 heterocycles. The molecule has 0 aliphatic rings. The zero-order valence-electron chi connectivity index (χ0n) is 12.0. The van der Waals surface area contributed by atoms with E-state index in [1.807, 2.05) is 11.8 Å². The van der Waals surface area contributed by atoms with Gasteiger partial charge in [0.2, 0.25) is 0 Å². The highest BCUT2D eigenvalue weighted by molar-refractivity contribution is 5.52. The van der Waals surface area contributed by atoms with Crippen LogP contribution in [0.1, 0.15) is 18.1 Å². The first kappa shape index (κ1) is 16.8. The van der Waals surface area contributed by atoms with E-state index in [1.54, 1.807) is 20.2 Å². The molecule has 0 aliphatic carbocycles. The fraction of sp³-hybridized carbons (Fsp3) is 0.571.